The van der Waals surface area contributed by atoms with Gasteiger partial charge in [-0.25, -0.2) is 17.7 Å². The van der Waals surface area contributed by atoms with E-state index < -0.39 is 21.1 Å². The molecule has 2 heterocycles. The largest absolute Gasteiger partial charge is 0.383 e. The highest BCUT2D eigenvalue weighted by atomic mass is 32.2. The summed E-state index contributed by atoms with van der Waals surface area (Å²) in [5, 5.41) is 12.8. The van der Waals surface area contributed by atoms with Crippen LogP contribution in [0, 0.1) is 11.3 Å². The number of anilines is 1. The molecular formula is C22H29N7O3S. The molecule has 1 aromatic carbocycles. The fraction of sp³-hybridized carbons (Fsp3) is 0.409. The number of sulfonamides is 1. The van der Waals surface area contributed by atoms with Gasteiger partial charge in [-0.05, 0) is 50.2 Å². The molecule has 176 valence electrons. The molecule has 0 radical (unpaired) electrons. The Morgan fingerprint density at radius 1 is 1.27 bits per heavy atom. The third-order valence-corrected chi connectivity index (χ3v) is 7.67. The van der Waals surface area contributed by atoms with Gasteiger partial charge in [-0.1, -0.05) is 0 Å². The number of benzene rings is 1. The molecule has 0 bridgehead atoms. The predicted molar refractivity (Wildman–Crippen MR) is 128 cm³/mol. The number of amidine groups is 1. The van der Waals surface area contributed by atoms with E-state index in [1.165, 1.54) is 44.6 Å². The van der Waals surface area contributed by atoms with Crippen LogP contribution >= 0.6 is 0 Å². The van der Waals surface area contributed by atoms with Gasteiger partial charge in [0.25, 0.3) is 5.56 Å². The zero-order valence-electron chi connectivity index (χ0n) is 19.0. The van der Waals surface area contributed by atoms with Gasteiger partial charge in [-0.3, -0.25) is 4.79 Å². The molecule has 0 unspecified atom stereocenters. The Morgan fingerprint density at radius 3 is 2.48 bits per heavy atom. The number of nitrogens with two attached hydrogens (primary N) is 1. The van der Waals surface area contributed by atoms with Crippen LogP contribution in [-0.2, 0) is 10.0 Å². The number of hydrogen-bond donors (Lipinski definition) is 3. The van der Waals surface area contributed by atoms with Crippen molar-refractivity contribution in [2.75, 3.05) is 39.5 Å². The van der Waals surface area contributed by atoms with Crippen LogP contribution in [0.1, 0.15) is 24.8 Å². The van der Waals surface area contributed by atoms with Crippen LogP contribution in [0.2, 0.25) is 0 Å². The first kappa shape index (κ1) is 24.4. The van der Waals surface area contributed by atoms with E-state index in [1.54, 1.807) is 6.07 Å². The molecule has 1 aliphatic rings. The monoisotopic (exact) mass is 471 g/mol. The molecule has 10 nitrogen and oxygen atoms in total. The predicted octanol–water partition coefficient (Wildman–Crippen LogP) is 1.45. The number of nitrogens with zero attached hydrogens (tertiary/aromatic N) is 4. The van der Waals surface area contributed by atoms with Crippen molar-refractivity contribution in [2.45, 2.75) is 29.7 Å². The minimum absolute atomic E-state index is 0.0115. The van der Waals surface area contributed by atoms with E-state index in [-0.39, 0.29) is 16.3 Å². The van der Waals surface area contributed by atoms with E-state index in [9.17, 15) is 18.5 Å². The second-order valence-corrected chi connectivity index (χ2v) is 10.6. The van der Waals surface area contributed by atoms with E-state index in [0.29, 0.717) is 17.8 Å². The van der Waals surface area contributed by atoms with Gasteiger partial charge >= 0.3 is 0 Å². The van der Waals surface area contributed by atoms with Crippen LogP contribution in [0.3, 0.4) is 0 Å². The fourth-order valence-electron chi connectivity index (χ4n) is 3.76. The number of aromatic nitrogens is 1. The zero-order valence-corrected chi connectivity index (χ0v) is 19.8. The van der Waals surface area contributed by atoms with Crippen molar-refractivity contribution in [2.24, 2.45) is 10.7 Å². The number of piperidine rings is 1. The van der Waals surface area contributed by atoms with Gasteiger partial charge in [-0.15, -0.1) is 0 Å². The lowest BCUT2D eigenvalue weighted by Crippen LogP contribution is -2.48. The highest BCUT2D eigenvalue weighted by Crippen LogP contribution is 2.30. The Morgan fingerprint density at radius 2 is 1.91 bits per heavy atom. The molecule has 0 spiro atoms. The van der Waals surface area contributed by atoms with Crippen LogP contribution in [0.15, 0.2) is 51.2 Å². The molecular weight excluding hydrogens is 442 g/mol. The lowest BCUT2D eigenvalue weighted by Gasteiger charge is -2.41. The Labute approximate surface area is 193 Å². The SMILES string of the molecule is CN1CCC(CC#N)(Nc2cc[nH]c(=O)c2C(N)=Nc2ccc(S(=O)(=O)N(C)C)cc2)CC1. The minimum Gasteiger partial charge on any atom is -0.383 e. The van der Waals surface area contributed by atoms with Crippen LogP contribution in [0.25, 0.3) is 0 Å². The fourth-order valence-corrected chi connectivity index (χ4v) is 4.67. The van der Waals surface area contributed by atoms with Crippen molar-refractivity contribution in [3.05, 3.63) is 52.4 Å². The summed E-state index contributed by atoms with van der Waals surface area (Å²) in [4.78, 5) is 22.0. The molecule has 1 aromatic heterocycles. The molecule has 0 atom stereocenters. The Balaban J connectivity index is 1.94. The molecule has 2 aromatic rings. The van der Waals surface area contributed by atoms with E-state index in [4.69, 9.17) is 5.73 Å². The molecule has 33 heavy (non-hydrogen) atoms. The smallest absolute Gasteiger partial charge is 0.261 e. The maximum absolute atomic E-state index is 12.7. The lowest BCUT2D eigenvalue weighted by molar-refractivity contribution is 0.207. The number of rotatable bonds is 7. The lowest BCUT2D eigenvalue weighted by atomic mass is 9.84. The summed E-state index contributed by atoms with van der Waals surface area (Å²) in [6, 6.07) is 9.91. The third-order valence-electron chi connectivity index (χ3n) is 5.84. The number of likely N-dealkylation sites (tertiary alicyclic amines) is 1. The number of nitriles is 1. The Bertz CT molecular complexity index is 1220. The molecule has 0 aliphatic carbocycles. The molecule has 1 aliphatic heterocycles. The van der Waals surface area contributed by atoms with Gasteiger partial charge in [0.2, 0.25) is 10.0 Å². The number of pyridine rings is 1. The second kappa shape index (κ2) is 9.74. The van der Waals surface area contributed by atoms with Crippen molar-refractivity contribution < 1.29 is 8.42 Å². The summed E-state index contributed by atoms with van der Waals surface area (Å²) < 4.78 is 25.6. The van der Waals surface area contributed by atoms with Crippen LogP contribution in [0.5, 0.6) is 0 Å². The van der Waals surface area contributed by atoms with Crippen molar-refractivity contribution in [1.82, 2.24) is 14.2 Å². The van der Waals surface area contributed by atoms with Gasteiger partial charge in [-0.2, -0.15) is 5.26 Å². The molecule has 4 N–H and O–H groups in total. The van der Waals surface area contributed by atoms with Gasteiger partial charge in [0, 0.05) is 33.4 Å². The van der Waals surface area contributed by atoms with Crippen LogP contribution in [-0.4, -0.2) is 68.2 Å². The summed E-state index contributed by atoms with van der Waals surface area (Å²) in [7, 11) is 1.39. The Kier molecular flexibility index (Phi) is 7.22. The minimum atomic E-state index is -3.56. The first-order valence-corrected chi connectivity index (χ1v) is 11.9. The third kappa shape index (κ3) is 5.42. The van der Waals surface area contributed by atoms with Crippen molar-refractivity contribution in [3.8, 4) is 6.07 Å². The summed E-state index contributed by atoms with van der Waals surface area (Å²) >= 11 is 0. The number of hydrogen-bond acceptors (Lipinski definition) is 7. The topological polar surface area (TPSA) is 148 Å². The molecule has 1 fully saturated rings. The van der Waals surface area contributed by atoms with Crippen molar-refractivity contribution in [3.63, 3.8) is 0 Å². The Hall–Kier alpha value is -3.20. The van der Waals surface area contributed by atoms with E-state index in [1.807, 2.05) is 7.05 Å². The first-order chi connectivity index (χ1) is 15.6. The highest BCUT2D eigenvalue weighted by molar-refractivity contribution is 7.89. The standard InChI is InChI=1S/C22H29N7O3S/c1-28(2)33(31,32)17-6-4-16(5-7-17)26-20(24)19-18(8-13-25-21(19)30)27-22(9-12-23)10-14-29(3)15-11-22/h4-8,13H,9-11,14-15H2,1-3H3,(H2,24,26)(H2,25,27,30). The average molecular weight is 472 g/mol. The number of aliphatic imine (C=N–C) groups is 1. The summed E-state index contributed by atoms with van der Waals surface area (Å²) in [5.41, 5.74) is 6.45. The summed E-state index contributed by atoms with van der Waals surface area (Å²) in [6.45, 7) is 1.66. The molecule has 0 saturated carbocycles. The van der Waals surface area contributed by atoms with Crippen LogP contribution in [0.4, 0.5) is 11.4 Å². The van der Waals surface area contributed by atoms with Gasteiger partial charge in [0.05, 0.1) is 34.3 Å². The summed E-state index contributed by atoms with van der Waals surface area (Å²) in [6.07, 6.45) is 3.33. The zero-order chi connectivity index (χ0) is 24.2. The number of aromatic amines is 1. The van der Waals surface area contributed by atoms with Gasteiger partial charge in [0.15, 0.2) is 0 Å². The molecule has 0 amide bonds. The maximum atomic E-state index is 12.7. The van der Waals surface area contributed by atoms with Crippen molar-refractivity contribution >= 4 is 27.2 Å². The van der Waals surface area contributed by atoms with E-state index >= 15 is 0 Å². The highest BCUT2D eigenvalue weighted by Gasteiger charge is 2.34. The normalized spacial score (nSPS) is 17.0. The van der Waals surface area contributed by atoms with Gasteiger partial charge < -0.3 is 20.9 Å². The van der Waals surface area contributed by atoms with E-state index in [0.717, 1.165) is 30.2 Å². The first-order valence-electron chi connectivity index (χ1n) is 10.5. The quantitative estimate of drug-likeness (QED) is 0.409. The molecule has 11 heteroatoms. The number of H-pyrrole nitrogens is 1. The maximum Gasteiger partial charge on any atom is 0.261 e. The second-order valence-electron chi connectivity index (χ2n) is 8.42. The van der Waals surface area contributed by atoms with E-state index in [2.05, 4.69) is 26.3 Å². The number of nitrogens with one attached hydrogen (secondary N) is 2. The average Bonchev–Trinajstić information content (AvgIpc) is 2.76. The van der Waals surface area contributed by atoms with Crippen molar-refractivity contribution in [1.29, 1.82) is 5.26 Å². The molecule has 3 rings (SSSR count). The summed E-state index contributed by atoms with van der Waals surface area (Å²) in [5.74, 6) is -0.0115. The van der Waals surface area contributed by atoms with Crippen LogP contribution < -0.4 is 16.6 Å². The van der Waals surface area contributed by atoms with Gasteiger partial charge in [0.1, 0.15) is 11.4 Å². The molecule has 1 saturated heterocycles.